The molecule has 1 aromatic rings. The smallest absolute Gasteiger partial charge is 0.216 e. The number of aromatic nitrogens is 2. The van der Waals surface area contributed by atoms with Gasteiger partial charge in [0.25, 0.3) is 0 Å². The van der Waals surface area contributed by atoms with Gasteiger partial charge in [-0.05, 0) is 32.1 Å². The van der Waals surface area contributed by atoms with Crippen molar-refractivity contribution in [1.82, 2.24) is 9.97 Å². The lowest BCUT2D eigenvalue weighted by Gasteiger charge is -2.21. The molecule has 0 aliphatic heterocycles. The van der Waals surface area contributed by atoms with Gasteiger partial charge in [0.15, 0.2) is 0 Å². The molecule has 0 unspecified atom stereocenters. The van der Waals surface area contributed by atoms with Crippen LogP contribution in [-0.2, 0) is 6.42 Å². The first-order valence-electron chi connectivity index (χ1n) is 7.25. The molecule has 18 heavy (non-hydrogen) atoms. The maximum absolute atomic E-state index is 5.86. The highest BCUT2D eigenvalue weighted by atomic mass is 16.5. The summed E-state index contributed by atoms with van der Waals surface area (Å²) < 4.78 is 5.86. The van der Waals surface area contributed by atoms with Gasteiger partial charge in [0.05, 0.1) is 6.61 Å². The fourth-order valence-corrected chi connectivity index (χ4v) is 2.57. The quantitative estimate of drug-likeness (QED) is 0.797. The Morgan fingerprint density at radius 3 is 2.72 bits per heavy atom. The first-order chi connectivity index (χ1) is 8.78. The molecule has 0 atom stereocenters. The van der Waals surface area contributed by atoms with Gasteiger partial charge in [0.1, 0.15) is 5.82 Å². The van der Waals surface area contributed by atoms with E-state index in [0.717, 1.165) is 42.8 Å². The highest BCUT2D eigenvalue weighted by Gasteiger charge is 2.14. The zero-order chi connectivity index (χ0) is 12.8. The number of nitrogens with zero attached hydrogens (tertiary/aromatic N) is 2. The molecule has 3 nitrogen and oxygen atoms in total. The average molecular weight is 248 g/mol. The Balaban J connectivity index is 1.91. The van der Waals surface area contributed by atoms with Crippen LogP contribution in [0.1, 0.15) is 57.0 Å². The number of hydrogen-bond acceptors (Lipinski definition) is 3. The Kier molecular flexibility index (Phi) is 4.97. The maximum atomic E-state index is 5.86. The highest BCUT2D eigenvalue weighted by Crippen LogP contribution is 2.24. The molecule has 1 fully saturated rings. The van der Waals surface area contributed by atoms with Crippen LogP contribution in [0, 0.1) is 12.8 Å². The van der Waals surface area contributed by atoms with Gasteiger partial charge in [-0.1, -0.05) is 26.2 Å². The third-order valence-corrected chi connectivity index (χ3v) is 3.54. The van der Waals surface area contributed by atoms with Crippen LogP contribution in [0.5, 0.6) is 5.88 Å². The first-order valence-corrected chi connectivity index (χ1v) is 7.25. The van der Waals surface area contributed by atoms with Crippen molar-refractivity contribution < 1.29 is 4.74 Å². The lowest BCUT2D eigenvalue weighted by molar-refractivity contribution is 0.202. The largest absolute Gasteiger partial charge is 0.477 e. The van der Waals surface area contributed by atoms with Gasteiger partial charge >= 0.3 is 0 Å². The van der Waals surface area contributed by atoms with Crippen LogP contribution in [0.15, 0.2) is 6.07 Å². The molecule has 1 aliphatic rings. The van der Waals surface area contributed by atoms with E-state index in [1.54, 1.807) is 0 Å². The van der Waals surface area contributed by atoms with Crippen LogP contribution in [0.3, 0.4) is 0 Å². The van der Waals surface area contributed by atoms with E-state index in [1.807, 2.05) is 13.0 Å². The second-order valence-electron chi connectivity index (χ2n) is 5.33. The molecule has 1 saturated carbocycles. The van der Waals surface area contributed by atoms with Crippen LogP contribution >= 0.6 is 0 Å². The molecule has 2 rings (SSSR count). The third kappa shape index (κ3) is 3.97. The second kappa shape index (κ2) is 6.72. The molecule has 1 heterocycles. The van der Waals surface area contributed by atoms with E-state index in [-0.39, 0.29) is 0 Å². The van der Waals surface area contributed by atoms with E-state index in [4.69, 9.17) is 4.74 Å². The Hall–Kier alpha value is -1.12. The monoisotopic (exact) mass is 248 g/mol. The molecule has 1 aromatic heterocycles. The molecule has 0 saturated heterocycles. The van der Waals surface area contributed by atoms with E-state index in [0.29, 0.717) is 0 Å². The minimum Gasteiger partial charge on any atom is -0.477 e. The summed E-state index contributed by atoms with van der Waals surface area (Å²) in [5, 5.41) is 0. The van der Waals surface area contributed by atoms with E-state index in [9.17, 15) is 0 Å². The number of hydrogen-bond donors (Lipinski definition) is 0. The van der Waals surface area contributed by atoms with Crippen molar-refractivity contribution in [2.45, 2.75) is 58.8 Å². The van der Waals surface area contributed by atoms with Gasteiger partial charge in [-0.15, -0.1) is 0 Å². The van der Waals surface area contributed by atoms with Crippen molar-refractivity contribution in [2.75, 3.05) is 6.61 Å². The van der Waals surface area contributed by atoms with Gasteiger partial charge in [-0.2, -0.15) is 4.98 Å². The zero-order valence-electron chi connectivity index (χ0n) is 11.6. The molecule has 100 valence electrons. The molecule has 0 spiro atoms. The van der Waals surface area contributed by atoms with Crippen molar-refractivity contribution in [3.63, 3.8) is 0 Å². The van der Waals surface area contributed by atoms with Crippen LogP contribution in [0.25, 0.3) is 0 Å². The average Bonchev–Trinajstić information content (AvgIpc) is 2.37. The Morgan fingerprint density at radius 2 is 2.00 bits per heavy atom. The molecule has 0 N–H and O–H groups in total. The summed E-state index contributed by atoms with van der Waals surface area (Å²) in [6.45, 7) is 4.98. The Morgan fingerprint density at radius 1 is 1.22 bits per heavy atom. The first kappa shape index (κ1) is 13.3. The second-order valence-corrected chi connectivity index (χ2v) is 5.33. The number of aryl methyl sites for hydroxylation is 2. The SMILES string of the molecule is CCCc1nc(C)cc(OCC2CCCCC2)n1. The minimum atomic E-state index is 0.726. The van der Waals surface area contributed by atoms with Crippen molar-refractivity contribution >= 4 is 0 Å². The van der Waals surface area contributed by atoms with Gasteiger partial charge in [0, 0.05) is 18.2 Å². The van der Waals surface area contributed by atoms with Gasteiger partial charge < -0.3 is 4.74 Å². The van der Waals surface area contributed by atoms with Crippen molar-refractivity contribution in [1.29, 1.82) is 0 Å². The number of rotatable bonds is 5. The molecular formula is C15H24N2O. The minimum absolute atomic E-state index is 0.726. The standard InChI is InChI=1S/C15H24N2O/c1-3-7-14-16-12(2)10-15(17-14)18-11-13-8-5-4-6-9-13/h10,13H,3-9,11H2,1-2H3. The summed E-state index contributed by atoms with van der Waals surface area (Å²) in [4.78, 5) is 8.90. The van der Waals surface area contributed by atoms with Crippen LogP contribution in [0.4, 0.5) is 0 Å². The third-order valence-electron chi connectivity index (χ3n) is 3.54. The van der Waals surface area contributed by atoms with E-state index in [2.05, 4.69) is 16.9 Å². The van der Waals surface area contributed by atoms with Crippen molar-refractivity contribution in [3.05, 3.63) is 17.6 Å². The number of ether oxygens (including phenoxy) is 1. The van der Waals surface area contributed by atoms with E-state index >= 15 is 0 Å². The summed E-state index contributed by atoms with van der Waals surface area (Å²) in [5.74, 6) is 2.40. The predicted molar refractivity (Wildman–Crippen MR) is 72.8 cm³/mol. The molecular weight excluding hydrogens is 224 g/mol. The van der Waals surface area contributed by atoms with Crippen molar-refractivity contribution in [2.24, 2.45) is 5.92 Å². The summed E-state index contributed by atoms with van der Waals surface area (Å²) in [6.07, 6.45) is 8.74. The van der Waals surface area contributed by atoms with Crippen LogP contribution in [-0.4, -0.2) is 16.6 Å². The normalized spacial score (nSPS) is 16.8. The predicted octanol–water partition coefficient (Wildman–Crippen LogP) is 3.70. The van der Waals surface area contributed by atoms with Crippen LogP contribution in [0.2, 0.25) is 0 Å². The van der Waals surface area contributed by atoms with E-state index < -0.39 is 0 Å². The molecule has 0 aromatic carbocycles. The fraction of sp³-hybridized carbons (Fsp3) is 0.733. The Bertz CT molecular complexity index is 373. The molecule has 0 radical (unpaired) electrons. The van der Waals surface area contributed by atoms with Gasteiger partial charge in [0.2, 0.25) is 5.88 Å². The highest BCUT2D eigenvalue weighted by molar-refractivity contribution is 5.15. The lowest BCUT2D eigenvalue weighted by atomic mass is 9.90. The van der Waals surface area contributed by atoms with Crippen molar-refractivity contribution in [3.8, 4) is 5.88 Å². The lowest BCUT2D eigenvalue weighted by Crippen LogP contribution is -2.16. The van der Waals surface area contributed by atoms with Crippen LogP contribution < -0.4 is 4.74 Å². The maximum Gasteiger partial charge on any atom is 0.216 e. The summed E-state index contributed by atoms with van der Waals surface area (Å²) in [7, 11) is 0. The fourth-order valence-electron chi connectivity index (χ4n) is 2.57. The summed E-state index contributed by atoms with van der Waals surface area (Å²) in [5.41, 5.74) is 1.01. The topological polar surface area (TPSA) is 35.0 Å². The summed E-state index contributed by atoms with van der Waals surface area (Å²) in [6, 6.07) is 1.95. The molecule has 0 amide bonds. The van der Waals surface area contributed by atoms with Gasteiger partial charge in [-0.25, -0.2) is 4.98 Å². The molecule has 3 heteroatoms. The molecule has 0 bridgehead atoms. The summed E-state index contributed by atoms with van der Waals surface area (Å²) >= 11 is 0. The van der Waals surface area contributed by atoms with E-state index in [1.165, 1.54) is 32.1 Å². The van der Waals surface area contributed by atoms with Gasteiger partial charge in [-0.3, -0.25) is 0 Å². The Labute approximate surface area is 110 Å². The molecule has 1 aliphatic carbocycles. The zero-order valence-corrected chi connectivity index (χ0v) is 11.6.